The van der Waals surface area contributed by atoms with Gasteiger partial charge in [0.25, 0.3) is 0 Å². The number of alkyl halides is 3. The molecule has 5 N–H and O–H groups in total. The highest BCUT2D eigenvalue weighted by atomic mass is 19.4. The van der Waals surface area contributed by atoms with E-state index in [9.17, 15) is 33.0 Å². The number of aromatic hydroxyl groups is 1. The van der Waals surface area contributed by atoms with Gasteiger partial charge in [-0.2, -0.15) is 13.2 Å². The predicted octanol–water partition coefficient (Wildman–Crippen LogP) is 4.37. The molecule has 0 saturated heterocycles. The summed E-state index contributed by atoms with van der Waals surface area (Å²) in [5.41, 5.74) is 1.94. The standard InChI is InChI=1S/C30H30F3N3O4/c1-18(34-17-26(38)23-9-11-25(37)29-24(23)10-12-27(39)36-29)13-19-5-7-20(8-6-19)15-28(40)35-16-21-3-2-4-22(14-21)30(31,32)33/h2-12,14,18,26,34,37-38H,13,15-17H2,1H3,(H,35,40)(H,36,39)/t18-,26+/m1/s1. The lowest BCUT2D eigenvalue weighted by atomic mass is 10.0. The summed E-state index contributed by atoms with van der Waals surface area (Å²) in [6.45, 7) is 2.24. The van der Waals surface area contributed by atoms with Crippen LogP contribution in [-0.4, -0.2) is 33.7 Å². The number of rotatable bonds is 10. The molecule has 1 heterocycles. The summed E-state index contributed by atoms with van der Waals surface area (Å²) in [5, 5.41) is 27.3. The van der Waals surface area contributed by atoms with Crippen molar-refractivity contribution in [2.45, 2.75) is 44.6 Å². The number of halogens is 3. The predicted molar refractivity (Wildman–Crippen MR) is 146 cm³/mol. The van der Waals surface area contributed by atoms with Gasteiger partial charge in [-0.15, -0.1) is 0 Å². The number of nitrogens with one attached hydrogen (secondary N) is 3. The molecule has 0 spiro atoms. The number of carbonyl (C=O) groups excluding carboxylic acids is 1. The summed E-state index contributed by atoms with van der Waals surface area (Å²) >= 11 is 0. The Morgan fingerprint density at radius 1 is 0.975 bits per heavy atom. The van der Waals surface area contributed by atoms with Gasteiger partial charge in [0.05, 0.1) is 23.6 Å². The van der Waals surface area contributed by atoms with Crippen molar-refractivity contribution in [2.24, 2.45) is 0 Å². The van der Waals surface area contributed by atoms with Gasteiger partial charge < -0.3 is 25.8 Å². The van der Waals surface area contributed by atoms with E-state index in [0.717, 1.165) is 23.3 Å². The van der Waals surface area contributed by atoms with Gasteiger partial charge in [-0.25, -0.2) is 0 Å². The maximum absolute atomic E-state index is 12.9. The third kappa shape index (κ3) is 7.49. The number of aliphatic hydroxyl groups is 1. The maximum Gasteiger partial charge on any atom is 0.416 e. The highest BCUT2D eigenvalue weighted by Gasteiger charge is 2.30. The Hall–Kier alpha value is -4.15. The first kappa shape index (κ1) is 28.8. The molecule has 4 aromatic rings. The SMILES string of the molecule is C[C@H](Cc1ccc(CC(=O)NCc2cccc(C(F)(F)F)c2)cc1)NC[C@H](O)c1ccc(O)c2[nH]c(=O)ccc12. The summed E-state index contributed by atoms with van der Waals surface area (Å²) in [4.78, 5) is 26.5. The van der Waals surface area contributed by atoms with Gasteiger partial charge in [0, 0.05) is 30.6 Å². The average Bonchev–Trinajstić information content (AvgIpc) is 2.92. The molecule has 40 heavy (non-hydrogen) atoms. The zero-order chi connectivity index (χ0) is 28.9. The van der Waals surface area contributed by atoms with E-state index in [1.807, 2.05) is 31.2 Å². The topological polar surface area (TPSA) is 114 Å². The van der Waals surface area contributed by atoms with Crippen LogP contribution < -0.4 is 16.2 Å². The van der Waals surface area contributed by atoms with Crippen LogP contribution >= 0.6 is 0 Å². The van der Waals surface area contributed by atoms with Crippen molar-refractivity contribution in [3.05, 3.63) is 111 Å². The molecule has 4 rings (SSSR count). The van der Waals surface area contributed by atoms with Crippen molar-refractivity contribution in [3.63, 3.8) is 0 Å². The fraction of sp³-hybridized carbons (Fsp3) is 0.267. The molecule has 0 aliphatic rings. The van der Waals surface area contributed by atoms with Crippen molar-refractivity contribution < 1.29 is 28.2 Å². The number of carbonyl (C=O) groups is 1. The summed E-state index contributed by atoms with van der Waals surface area (Å²) < 4.78 is 38.6. The number of aromatic nitrogens is 1. The number of amides is 1. The normalized spacial score (nSPS) is 13.2. The highest BCUT2D eigenvalue weighted by molar-refractivity contribution is 5.87. The third-order valence-corrected chi connectivity index (χ3v) is 6.60. The summed E-state index contributed by atoms with van der Waals surface area (Å²) in [7, 11) is 0. The second kappa shape index (κ2) is 12.4. The van der Waals surface area contributed by atoms with E-state index in [0.29, 0.717) is 22.9 Å². The molecular weight excluding hydrogens is 523 g/mol. The largest absolute Gasteiger partial charge is 0.506 e. The Bertz CT molecular complexity index is 1530. The Balaban J connectivity index is 1.26. The molecule has 0 radical (unpaired) electrons. The number of phenolic OH excluding ortho intramolecular Hbond substituents is 1. The first-order chi connectivity index (χ1) is 19.0. The lowest BCUT2D eigenvalue weighted by molar-refractivity contribution is -0.137. The van der Waals surface area contributed by atoms with Gasteiger partial charge in [0.2, 0.25) is 11.5 Å². The van der Waals surface area contributed by atoms with Gasteiger partial charge in [-0.05, 0) is 59.9 Å². The van der Waals surface area contributed by atoms with Crippen LogP contribution in [0.25, 0.3) is 10.9 Å². The van der Waals surface area contributed by atoms with Crippen molar-refractivity contribution in [3.8, 4) is 5.75 Å². The van der Waals surface area contributed by atoms with Crippen LogP contribution in [0, 0.1) is 0 Å². The average molecular weight is 554 g/mol. The zero-order valence-electron chi connectivity index (χ0n) is 21.8. The number of hydrogen-bond acceptors (Lipinski definition) is 5. The number of hydrogen-bond donors (Lipinski definition) is 5. The van der Waals surface area contributed by atoms with Crippen molar-refractivity contribution in [1.82, 2.24) is 15.6 Å². The molecular formula is C30H30F3N3O4. The molecule has 210 valence electrons. The monoisotopic (exact) mass is 553 g/mol. The molecule has 7 nitrogen and oxygen atoms in total. The van der Waals surface area contributed by atoms with E-state index >= 15 is 0 Å². The number of aromatic amines is 1. The second-order valence-corrected chi connectivity index (χ2v) is 9.78. The van der Waals surface area contributed by atoms with Gasteiger partial charge in [-0.1, -0.05) is 42.5 Å². The number of H-pyrrole nitrogens is 1. The lowest BCUT2D eigenvalue weighted by Gasteiger charge is -2.19. The quantitative estimate of drug-likeness (QED) is 0.200. The van der Waals surface area contributed by atoms with Crippen molar-refractivity contribution in [2.75, 3.05) is 6.54 Å². The number of benzene rings is 3. The molecule has 10 heteroatoms. The molecule has 0 aliphatic heterocycles. The fourth-order valence-electron chi connectivity index (χ4n) is 4.50. The van der Waals surface area contributed by atoms with Crippen molar-refractivity contribution in [1.29, 1.82) is 0 Å². The zero-order valence-corrected chi connectivity index (χ0v) is 21.8. The molecule has 1 amide bonds. The number of aliphatic hydroxyl groups excluding tert-OH is 1. The van der Waals surface area contributed by atoms with Crippen LogP contribution in [0.15, 0.2) is 77.6 Å². The van der Waals surface area contributed by atoms with Crippen LogP contribution in [-0.2, 0) is 30.4 Å². The Labute approximate surface area is 228 Å². The second-order valence-electron chi connectivity index (χ2n) is 9.78. The van der Waals surface area contributed by atoms with E-state index in [1.165, 1.54) is 24.3 Å². The van der Waals surface area contributed by atoms with E-state index in [2.05, 4.69) is 15.6 Å². The van der Waals surface area contributed by atoms with Gasteiger partial charge >= 0.3 is 6.18 Å². The summed E-state index contributed by atoms with van der Waals surface area (Å²) in [6, 6.07) is 18.4. The van der Waals surface area contributed by atoms with Gasteiger partial charge in [-0.3, -0.25) is 9.59 Å². The molecule has 0 aliphatic carbocycles. The van der Waals surface area contributed by atoms with Crippen LogP contribution in [0.5, 0.6) is 5.75 Å². The number of fused-ring (bicyclic) bond motifs is 1. The summed E-state index contributed by atoms with van der Waals surface area (Å²) in [5.74, 6) is -0.360. The van der Waals surface area contributed by atoms with Crippen LogP contribution in [0.4, 0.5) is 13.2 Å². The molecule has 0 bridgehead atoms. The molecule has 0 saturated carbocycles. The van der Waals surface area contributed by atoms with E-state index < -0.39 is 17.8 Å². The van der Waals surface area contributed by atoms with Crippen LogP contribution in [0.3, 0.4) is 0 Å². The van der Waals surface area contributed by atoms with E-state index in [1.54, 1.807) is 12.1 Å². The molecule has 3 aromatic carbocycles. The van der Waals surface area contributed by atoms with E-state index in [-0.39, 0.29) is 48.3 Å². The van der Waals surface area contributed by atoms with Crippen LogP contribution in [0.2, 0.25) is 0 Å². The van der Waals surface area contributed by atoms with Crippen LogP contribution in [0.1, 0.15) is 40.8 Å². The molecule has 1 aromatic heterocycles. The molecule has 0 fully saturated rings. The van der Waals surface area contributed by atoms with Crippen molar-refractivity contribution >= 4 is 16.8 Å². The van der Waals surface area contributed by atoms with E-state index in [4.69, 9.17) is 0 Å². The minimum absolute atomic E-state index is 0.00768. The fourth-order valence-corrected chi connectivity index (χ4v) is 4.50. The first-order valence-corrected chi connectivity index (χ1v) is 12.8. The molecule has 2 atom stereocenters. The van der Waals surface area contributed by atoms with Gasteiger partial charge in [0.15, 0.2) is 0 Å². The Morgan fingerprint density at radius 3 is 2.42 bits per heavy atom. The molecule has 0 unspecified atom stereocenters. The Morgan fingerprint density at radius 2 is 1.70 bits per heavy atom. The number of pyridine rings is 1. The smallest absolute Gasteiger partial charge is 0.416 e. The summed E-state index contributed by atoms with van der Waals surface area (Å²) in [6.07, 6.45) is -4.53. The Kier molecular flexibility index (Phi) is 8.91. The minimum atomic E-state index is -4.43. The maximum atomic E-state index is 12.9. The highest BCUT2D eigenvalue weighted by Crippen LogP contribution is 2.30. The number of phenols is 1. The minimum Gasteiger partial charge on any atom is -0.506 e. The first-order valence-electron chi connectivity index (χ1n) is 12.8. The van der Waals surface area contributed by atoms with Gasteiger partial charge in [0.1, 0.15) is 5.75 Å². The lowest BCUT2D eigenvalue weighted by Crippen LogP contribution is -2.32. The third-order valence-electron chi connectivity index (χ3n) is 6.60.